The standard InChI is InChI=1S/C20H26N2OS2/c1-5-20(3,4)12-7-8-13-15(10-12)25-19-16(13)18(23)21-17(22-19)14-9-6-11(2)24-14/h6,9,12,17,22H,5,7-8,10H2,1-4H3,(H,21,23)/t12-,17+/m1/s1. The molecule has 3 nitrogen and oxygen atoms in total. The first-order chi connectivity index (χ1) is 11.9. The lowest BCUT2D eigenvalue weighted by atomic mass is 9.69. The highest BCUT2D eigenvalue weighted by Gasteiger charge is 2.37. The molecule has 0 saturated heterocycles. The van der Waals surface area contributed by atoms with E-state index in [1.54, 1.807) is 11.3 Å². The molecule has 3 heterocycles. The van der Waals surface area contributed by atoms with Crippen LogP contribution in [0.25, 0.3) is 0 Å². The van der Waals surface area contributed by atoms with E-state index in [1.807, 2.05) is 11.3 Å². The minimum atomic E-state index is -0.0957. The summed E-state index contributed by atoms with van der Waals surface area (Å²) in [6.45, 7) is 9.16. The normalized spacial score (nSPS) is 22.8. The summed E-state index contributed by atoms with van der Waals surface area (Å²) in [7, 11) is 0. The van der Waals surface area contributed by atoms with Gasteiger partial charge >= 0.3 is 0 Å². The lowest BCUT2D eigenvalue weighted by Crippen LogP contribution is -2.38. The monoisotopic (exact) mass is 374 g/mol. The molecule has 2 aromatic rings. The van der Waals surface area contributed by atoms with Gasteiger partial charge in [0, 0.05) is 14.6 Å². The summed E-state index contributed by atoms with van der Waals surface area (Å²) in [4.78, 5) is 16.7. The number of carbonyl (C=O) groups excluding carboxylic acids is 1. The number of rotatable bonds is 3. The van der Waals surface area contributed by atoms with Gasteiger partial charge < -0.3 is 10.6 Å². The van der Waals surface area contributed by atoms with E-state index in [2.05, 4.69) is 50.5 Å². The first kappa shape index (κ1) is 17.1. The van der Waals surface area contributed by atoms with E-state index in [9.17, 15) is 4.79 Å². The SMILES string of the molecule is CCC(C)(C)[C@@H]1CCc2c(sc3c2C(=O)N[C@H](c2ccc(C)s2)N3)C1. The zero-order chi connectivity index (χ0) is 17.8. The molecule has 5 heteroatoms. The van der Waals surface area contributed by atoms with Crippen molar-refractivity contribution >= 4 is 33.6 Å². The van der Waals surface area contributed by atoms with Crippen molar-refractivity contribution in [2.24, 2.45) is 11.3 Å². The van der Waals surface area contributed by atoms with Crippen molar-refractivity contribution in [3.05, 3.63) is 37.9 Å². The second-order valence-electron chi connectivity index (χ2n) is 7.99. The van der Waals surface area contributed by atoms with Gasteiger partial charge in [-0.1, -0.05) is 27.2 Å². The molecule has 134 valence electrons. The zero-order valence-corrected chi connectivity index (χ0v) is 17.0. The van der Waals surface area contributed by atoms with Crippen molar-refractivity contribution < 1.29 is 4.79 Å². The lowest BCUT2D eigenvalue weighted by molar-refractivity contribution is 0.0935. The molecule has 2 aliphatic rings. The highest BCUT2D eigenvalue weighted by atomic mass is 32.1. The van der Waals surface area contributed by atoms with E-state index in [-0.39, 0.29) is 12.1 Å². The number of anilines is 1. The van der Waals surface area contributed by atoms with Crippen LogP contribution >= 0.6 is 22.7 Å². The van der Waals surface area contributed by atoms with Crippen molar-refractivity contribution in [1.29, 1.82) is 0 Å². The van der Waals surface area contributed by atoms with Gasteiger partial charge in [0.25, 0.3) is 5.91 Å². The Kier molecular flexibility index (Phi) is 4.19. The van der Waals surface area contributed by atoms with Crippen LogP contribution in [0.15, 0.2) is 12.1 Å². The molecule has 0 unspecified atom stereocenters. The Morgan fingerprint density at radius 3 is 2.72 bits per heavy atom. The fraction of sp³-hybridized carbons (Fsp3) is 0.550. The van der Waals surface area contributed by atoms with Crippen LogP contribution in [-0.4, -0.2) is 5.91 Å². The van der Waals surface area contributed by atoms with Crippen LogP contribution in [0.2, 0.25) is 0 Å². The van der Waals surface area contributed by atoms with Crippen molar-refractivity contribution in [3.8, 4) is 0 Å². The molecule has 0 radical (unpaired) electrons. The molecular formula is C20H26N2OS2. The Morgan fingerprint density at radius 1 is 1.24 bits per heavy atom. The predicted octanol–water partition coefficient (Wildman–Crippen LogP) is 5.51. The largest absolute Gasteiger partial charge is 0.352 e. The van der Waals surface area contributed by atoms with Crippen LogP contribution in [0.1, 0.15) is 70.3 Å². The van der Waals surface area contributed by atoms with Gasteiger partial charge in [0.05, 0.1) is 5.56 Å². The first-order valence-electron chi connectivity index (χ1n) is 9.17. The minimum Gasteiger partial charge on any atom is -0.352 e. The second kappa shape index (κ2) is 6.13. The number of aryl methyl sites for hydroxylation is 1. The van der Waals surface area contributed by atoms with Crippen LogP contribution in [0, 0.1) is 18.3 Å². The molecule has 2 N–H and O–H groups in total. The quantitative estimate of drug-likeness (QED) is 0.743. The lowest BCUT2D eigenvalue weighted by Gasteiger charge is -2.36. The number of hydrogen-bond acceptors (Lipinski definition) is 4. The summed E-state index contributed by atoms with van der Waals surface area (Å²) in [5.41, 5.74) is 2.58. The molecule has 1 amide bonds. The molecule has 0 spiro atoms. The zero-order valence-electron chi connectivity index (χ0n) is 15.4. The van der Waals surface area contributed by atoms with Gasteiger partial charge in [-0.25, -0.2) is 0 Å². The van der Waals surface area contributed by atoms with Gasteiger partial charge in [0.15, 0.2) is 0 Å². The van der Waals surface area contributed by atoms with Gasteiger partial charge in [0.2, 0.25) is 0 Å². The molecule has 1 aliphatic heterocycles. The third-order valence-corrected chi connectivity index (χ3v) is 8.36. The molecule has 25 heavy (non-hydrogen) atoms. The molecule has 0 saturated carbocycles. The number of fused-ring (bicyclic) bond motifs is 3. The maximum absolute atomic E-state index is 12.8. The van der Waals surface area contributed by atoms with Gasteiger partial charge in [-0.2, -0.15) is 0 Å². The van der Waals surface area contributed by atoms with Crippen LogP contribution < -0.4 is 10.6 Å². The third-order valence-electron chi connectivity index (χ3n) is 6.11. The summed E-state index contributed by atoms with van der Waals surface area (Å²) >= 11 is 3.55. The number of hydrogen-bond donors (Lipinski definition) is 2. The van der Waals surface area contributed by atoms with Crippen LogP contribution in [0.4, 0.5) is 5.00 Å². The molecule has 0 aromatic carbocycles. The summed E-state index contributed by atoms with van der Waals surface area (Å²) in [5.74, 6) is 0.805. The smallest absolute Gasteiger partial charge is 0.256 e. The van der Waals surface area contributed by atoms with Crippen LogP contribution in [0.5, 0.6) is 0 Å². The Labute approximate surface area is 157 Å². The van der Waals surface area contributed by atoms with E-state index in [0.717, 1.165) is 23.4 Å². The first-order valence-corrected chi connectivity index (χ1v) is 10.8. The second-order valence-corrected chi connectivity index (χ2v) is 10.4. The van der Waals surface area contributed by atoms with E-state index in [4.69, 9.17) is 0 Å². The number of amides is 1. The Morgan fingerprint density at radius 2 is 2.04 bits per heavy atom. The minimum absolute atomic E-state index is 0.0931. The number of nitrogens with one attached hydrogen (secondary N) is 2. The summed E-state index contributed by atoms with van der Waals surface area (Å²) in [6.07, 6.45) is 4.45. The average molecular weight is 375 g/mol. The fourth-order valence-corrected chi connectivity index (χ4v) is 6.24. The highest BCUT2D eigenvalue weighted by molar-refractivity contribution is 7.17. The van der Waals surface area contributed by atoms with Gasteiger partial charge in [0.1, 0.15) is 11.2 Å². The Balaban J connectivity index is 1.63. The van der Waals surface area contributed by atoms with Gasteiger partial charge in [-0.3, -0.25) is 4.79 Å². The molecule has 4 rings (SSSR count). The van der Waals surface area contributed by atoms with Crippen molar-refractivity contribution in [1.82, 2.24) is 5.32 Å². The van der Waals surface area contributed by atoms with E-state index in [1.165, 1.54) is 33.0 Å². The molecule has 2 atom stereocenters. The molecule has 0 fully saturated rings. The summed E-state index contributed by atoms with van der Waals surface area (Å²) < 4.78 is 0. The molecule has 2 aromatic heterocycles. The topological polar surface area (TPSA) is 41.1 Å². The van der Waals surface area contributed by atoms with E-state index < -0.39 is 0 Å². The number of thiophene rings is 2. The van der Waals surface area contributed by atoms with Gasteiger partial charge in [-0.05, 0) is 55.2 Å². The maximum Gasteiger partial charge on any atom is 0.256 e. The van der Waals surface area contributed by atoms with E-state index >= 15 is 0 Å². The maximum atomic E-state index is 12.8. The molecular weight excluding hydrogens is 348 g/mol. The highest BCUT2D eigenvalue weighted by Crippen LogP contribution is 2.47. The van der Waals surface area contributed by atoms with Gasteiger partial charge in [-0.15, -0.1) is 22.7 Å². The predicted molar refractivity (Wildman–Crippen MR) is 107 cm³/mol. The summed E-state index contributed by atoms with van der Waals surface area (Å²) in [6, 6.07) is 4.22. The third kappa shape index (κ3) is 2.91. The molecule has 1 aliphatic carbocycles. The Hall–Kier alpha value is -1.33. The average Bonchev–Trinajstić information content (AvgIpc) is 3.17. The fourth-order valence-electron chi connectivity index (χ4n) is 4.00. The molecule has 0 bridgehead atoms. The van der Waals surface area contributed by atoms with Crippen molar-refractivity contribution in [2.45, 2.75) is 59.5 Å². The Bertz CT molecular complexity index is 818. The van der Waals surface area contributed by atoms with Crippen LogP contribution in [-0.2, 0) is 12.8 Å². The van der Waals surface area contributed by atoms with E-state index in [0.29, 0.717) is 11.3 Å². The van der Waals surface area contributed by atoms with Crippen molar-refractivity contribution in [3.63, 3.8) is 0 Å². The van der Waals surface area contributed by atoms with Crippen LogP contribution in [0.3, 0.4) is 0 Å². The number of carbonyl (C=O) groups is 1. The summed E-state index contributed by atoms with van der Waals surface area (Å²) in [5, 5.41) is 7.81. The van der Waals surface area contributed by atoms with Crippen molar-refractivity contribution in [2.75, 3.05) is 5.32 Å².